The van der Waals surface area contributed by atoms with Gasteiger partial charge in [-0.15, -0.1) is 0 Å². The number of ether oxygens (including phenoxy) is 1. The van der Waals surface area contributed by atoms with Gasteiger partial charge in [0, 0.05) is 24.8 Å². The van der Waals surface area contributed by atoms with E-state index in [0.717, 1.165) is 18.8 Å². The third-order valence-corrected chi connectivity index (χ3v) is 3.02. The van der Waals surface area contributed by atoms with Crippen LogP contribution in [0.4, 0.5) is 5.69 Å². The first kappa shape index (κ1) is 11.8. The van der Waals surface area contributed by atoms with Gasteiger partial charge in [0.05, 0.1) is 7.11 Å². The van der Waals surface area contributed by atoms with Gasteiger partial charge in [-0.1, -0.05) is 13.8 Å². The first-order valence-corrected chi connectivity index (χ1v) is 5.59. The molecule has 17 heavy (non-hydrogen) atoms. The van der Waals surface area contributed by atoms with Crippen LogP contribution in [0.25, 0.3) is 0 Å². The summed E-state index contributed by atoms with van der Waals surface area (Å²) < 4.78 is 5.11. The second-order valence-corrected chi connectivity index (χ2v) is 5.21. The maximum Gasteiger partial charge on any atom is 0.339 e. The number of hydrogen-bond acceptors (Lipinski definition) is 3. The summed E-state index contributed by atoms with van der Waals surface area (Å²) in [6.45, 7) is 6.41. The van der Waals surface area contributed by atoms with Crippen molar-refractivity contribution in [1.29, 1.82) is 0 Å². The van der Waals surface area contributed by atoms with E-state index in [-0.39, 0.29) is 5.56 Å². The quantitative estimate of drug-likeness (QED) is 0.873. The van der Waals surface area contributed by atoms with E-state index in [2.05, 4.69) is 18.7 Å². The van der Waals surface area contributed by atoms with Gasteiger partial charge in [0.15, 0.2) is 0 Å². The molecule has 2 rings (SSSR count). The molecule has 1 aliphatic heterocycles. The molecular weight excluding hydrogens is 218 g/mol. The van der Waals surface area contributed by atoms with Crippen LogP contribution in [0.2, 0.25) is 0 Å². The van der Waals surface area contributed by atoms with Crippen molar-refractivity contribution in [3.8, 4) is 5.75 Å². The number of hydrogen-bond donors (Lipinski definition) is 1. The van der Waals surface area contributed by atoms with Crippen LogP contribution >= 0.6 is 0 Å². The lowest BCUT2D eigenvalue weighted by Crippen LogP contribution is -2.53. The Labute approximate surface area is 101 Å². The Morgan fingerprint density at radius 1 is 1.41 bits per heavy atom. The lowest BCUT2D eigenvalue weighted by Gasteiger charge is -2.47. The number of carbonyl (C=O) groups is 1. The summed E-state index contributed by atoms with van der Waals surface area (Å²) in [5.41, 5.74) is 1.57. The Hall–Kier alpha value is -1.71. The highest BCUT2D eigenvalue weighted by Gasteiger charge is 2.34. The zero-order valence-corrected chi connectivity index (χ0v) is 10.4. The third-order valence-electron chi connectivity index (χ3n) is 3.02. The van der Waals surface area contributed by atoms with E-state index in [4.69, 9.17) is 9.84 Å². The first-order valence-electron chi connectivity index (χ1n) is 5.59. The maximum absolute atomic E-state index is 11.0. The third kappa shape index (κ3) is 2.20. The molecule has 4 heteroatoms. The number of nitrogens with zero attached hydrogens (tertiary/aromatic N) is 1. The van der Waals surface area contributed by atoms with Crippen molar-refractivity contribution in [3.63, 3.8) is 0 Å². The number of benzene rings is 1. The number of carboxylic acids is 1. The van der Waals surface area contributed by atoms with Crippen molar-refractivity contribution < 1.29 is 14.6 Å². The molecule has 0 bridgehead atoms. The Kier molecular flexibility index (Phi) is 2.73. The van der Waals surface area contributed by atoms with Gasteiger partial charge in [0.1, 0.15) is 11.3 Å². The van der Waals surface area contributed by atoms with Gasteiger partial charge in [-0.05, 0) is 17.5 Å². The minimum Gasteiger partial charge on any atom is -0.496 e. The van der Waals surface area contributed by atoms with Crippen molar-refractivity contribution in [2.24, 2.45) is 5.41 Å². The van der Waals surface area contributed by atoms with Crippen molar-refractivity contribution in [2.45, 2.75) is 13.8 Å². The monoisotopic (exact) mass is 235 g/mol. The van der Waals surface area contributed by atoms with Crippen LogP contribution in [0.15, 0.2) is 18.2 Å². The fraction of sp³-hybridized carbons (Fsp3) is 0.462. The van der Waals surface area contributed by atoms with Gasteiger partial charge in [-0.2, -0.15) is 0 Å². The smallest absolute Gasteiger partial charge is 0.339 e. The maximum atomic E-state index is 11.0. The second kappa shape index (κ2) is 3.95. The summed E-state index contributed by atoms with van der Waals surface area (Å²) in [6, 6.07) is 5.22. The molecule has 1 saturated heterocycles. The summed E-state index contributed by atoms with van der Waals surface area (Å²) >= 11 is 0. The molecule has 1 N–H and O–H groups in total. The van der Waals surface area contributed by atoms with Gasteiger partial charge in [0.2, 0.25) is 0 Å². The normalized spacial score (nSPS) is 17.5. The summed E-state index contributed by atoms with van der Waals surface area (Å²) in [5.74, 6) is -0.544. The van der Waals surface area contributed by atoms with Crippen LogP contribution < -0.4 is 9.64 Å². The highest BCUT2D eigenvalue weighted by Crippen LogP contribution is 2.35. The Bertz CT molecular complexity index is 446. The van der Waals surface area contributed by atoms with Crippen LogP contribution in [0, 0.1) is 5.41 Å². The first-order chi connectivity index (χ1) is 7.93. The van der Waals surface area contributed by atoms with E-state index >= 15 is 0 Å². The summed E-state index contributed by atoms with van der Waals surface area (Å²) in [7, 11) is 1.49. The van der Waals surface area contributed by atoms with E-state index in [1.165, 1.54) is 7.11 Å². The molecule has 0 saturated carbocycles. The lowest BCUT2D eigenvalue weighted by molar-refractivity contribution is 0.0693. The predicted molar refractivity (Wildman–Crippen MR) is 65.9 cm³/mol. The van der Waals surface area contributed by atoms with E-state index in [1.807, 2.05) is 6.07 Å². The zero-order chi connectivity index (χ0) is 12.6. The lowest BCUT2D eigenvalue weighted by atomic mass is 9.84. The van der Waals surface area contributed by atoms with Gasteiger partial charge < -0.3 is 14.7 Å². The van der Waals surface area contributed by atoms with E-state index < -0.39 is 5.97 Å². The fourth-order valence-corrected chi connectivity index (χ4v) is 2.22. The highest BCUT2D eigenvalue weighted by atomic mass is 16.5. The minimum absolute atomic E-state index is 0.205. The predicted octanol–water partition coefficient (Wildman–Crippen LogP) is 2.24. The highest BCUT2D eigenvalue weighted by molar-refractivity contribution is 5.91. The Morgan fingerprint density at radius 2 is 2.06 bits per heavy atom. The van der Waals surface area contributed by atoms with Crippen molar-refractivity contribution >= 4 is 11.7 Å². The van der Waals surface area contributed by atoms with Gasteiger partial charge >= 0.3 is 5.97 Å². The summed E-state index contributed by atoms with van der Waals surface area (Å²) in [5, 5.41) is 8.99. The number of carboxylic acid groups (broad SMARTS) is 1. The molecule has 0 unspecified atom stereocenters. The molecule has 0 spiro atoms. The molecule has 1 aromatic rings. The van der Waals surface area contributed by atoms with Crippen LogP contribution in [0.3, 0.4) is 0 Å². The molecule has 1 aromatic carbocycles. The summed E-state index contributed by atoms with van der Waals surface area (Å²) in [4.78, 5) is 13.2. The number of rotatable bonds is 3. The SMILES string of the molecule is COc1cc(N2CC(C)(C)C2)ccc1C(=O)O. The topological polar surface area (TPSA) is 49.8 Å². The molecule has 0 aromatic heterocycles. The van der Waals surface area contributed by atoms with Crippen LogP contribution in [-0.2, 0) is 0 Å². The van der Waals surface area contributed by atoms with Crippen molar-refractivity contribution in [1.82, 2.24) is 0 Å². The van der Waals surface area contributed by atoms with Crippen molar-refractivity contribution in [3.05, 3.63) is 23.8 Å². The Balaban J connectivity index is 2.24. The molecule has 0 amide bonds. The largest absolute Gasteiger partial charge is 0.496 e. The van der Waals surface area contributed by atoms with Crippen LogP contribution in [0.5, 0.6) is 5.75 Å². The van der Waals surface area contributed by atoms with E-state index in [0.29, 0.717) is 11.2 Å². The molecule has 0 aliphatic carbocycles. The number of anilines is 1. The molecule has 4 nitrogen and oxygen atoms in total. The molecule has 1 fully saturated rings. The molecule has 0 atom stereocenters. The molecular formula is C13H17NO3. The standard InChI is InChI=1S/C13H17NO3/c1-13(2)7-14(8-13)9-4-5-10(12(15)16)11(6-9)17-3/h4-6H,7-8H2,1-3H3,(H,15,16). The van der Waals surface area contributed by atoms with Gasteiger partial charge in [-0.3, -0.25) is 0 Å². The van der Waals surface area contributed by atoms with Crippen LogP contribution in [0.1, 0.15) is 24.2 Å². The van der Waals surface area contributed by atoms with E-state index in [1.54, 1.807) is 12.1 Å². The molecule has 0 radical (unpaired) electrons. The van der Waals surface area contributed by atoms with Crippen molar-refractivity contribution in [2.75, 3.05) is 25.1 Å². The molecule has 1 aliphatic rings. The molecule has 1 heterocycles. The van der Waals surface area contributed by atoms with Gasteiger partial charge in [0.25, 0.3) is 0 Å². The average molecular weight is 235 g/mol. The minimum atomic E-state index is -0.961. The second-order valence-electron chi connectivity index (χ2n) is 5.21. The summed E-state index contributed by atoms with van der Waals surface area (Å²) in [6.07, 6.45) is 0. The van der Waals surface area contributed by atoms with E-state index in [9.17, 15) is 4.79 Å². The number of aromatic carboxylic acids is 1. The van der Waals surface area contributed by atoms with Gasteiger partial charge in [-0.25, -0.2) is 4.79 Å². The van der Waals surface area contributed by atoms with Crippen LogP contribution in [-0.4, -0.2) is 31.3 Å². The zero-order valence-electron chi connectivity index (χ0n) is 10.4. The Morgan fingerprint density at radius 3 is 2.53 bits per heavy atom. The average Bonchev–Trinajstić information content (AvgIpc) is 2.24. The fourth-order valence-electron chi connectivity index (χ4n) is 2.22. The number of methoxy groups -OCH3 is 1. The molecule has 92 valence electrons.